The van der Waals surface area contributed by atoms with Gasteiger partial charge >= 0.3 is 5.85 Å². The molecule has 0 aliphatic carbocycles. The summed E-state index contributed by atoms with van der Waals surface area (Å²) in [7, 11) is 1.32. The zero-order valence-electron chi connectivity index (χ0n) is 13.8. The molecule has 0 radical (unpaired) electrons. The zero-order valence-corrected chi connectivity index (χ0v) is 15.0. The normalized spacial score (nSPS) is 14.6. The van der Waals surface area contributed by atoms with Gasteiger partial charge in [0.05, 0.1) is 6.61 Å². The summed E-state index contributed by atoms with van der Waals surface area (Å²) in [6.07, 6.45) is 1.55. The minimum atomic E-state index is -3.33. The van der Waals surface area contributed by atoms with Gasteiger partial charge in [-0.2, -0.15) is 8.78 Å². The van der Waals surface area contributed by atoms with Crippen LogP contribution < -0.4 is 15.4 Å². The monoisotopic (exact) mass is 380 g/mol. The van der Waals surface area contributed by atoms with E-state index in [-0.39, 0.29) is 18.3 Å². The number of nitrogens with zero attached hydrogens (tertiary/aromatic N) is 1. The van der Waals surface area contributed by atoms with Crippen molar-refractivity contribution in [1.82, 2.24) is 10.3 Å². The van der Waals surface area contributed by atoms with Crippen LogP contribution in [0.2, 0.25) is 0 Å². The molecular formula is C17H19F2N4O2P. The highest BCUT2D eigenvalue weighted by molar-refractivity contribution is 7.17. The summed E-state index contributed by atoms with van der Waals surface area (Å²) in [5.41, 5.74) is 2.19. The second-order valence-electron chi connectivity index (χ2n) is 5.93. The van der Waals surface area contributed by atoms with Crippen LogP contribution in [0.1, 0.15) is 11.1 Å². The molecule has 1 saturated heterocycles. The predicted molar refractivity (Wildman–Crippen MR) is 98.4 cm³/mol. The zero-order chi connectivity index (χ0) is 18.7. The van der Waals surface area contributed by atoms with Gasteiger partial charge in [0.15, 0.2) is 0 Å². The van der Waals surface area contributed by atoms with Gasteiger partial charge in [0.2, 0.25) is 0 Å². The molecule has 3 rings (SSSR count). The molecule has 0 amide bonds. The van der Waals surface area contributed by atoms with Crippen LogP contribution in [0.4, 0.5) is 20.3 Å². The third-order valence-electron chi connectivity index (χ3n) is 4.04. The molecule has 0 spiro atoms. The van der Waals surface area contributed by atoms with Crippen molar-refractivity contribution in [2.24, 2.45) is 5.92 Å². The van der Waals surface area contributed by atoms with Crippen molar-refractivity contribution >= 4 is 26.5 Å². The number of aliphatic hydroxyl groups is 1. The molecule has 26 heavy (non-hydrogen) atoms. The van der Waals surface area contributed by atoms with Gasteiger partial charge in [-0.25, -0.2) is 4.98 Å². The van der Waals surface area contributed by atoms with E-state index in [4.69, 9.17) is 5.41 Å². The van der Waals surface area contributed by atoms with Crippen molar-refractivity contribution in [3.8, 4) is 5.75 Å². The molecule has 0 saturated carbocycles. The fraction of sp³-hybridized carbons (Fsp3) is 0.294. The van der Waals surface area contributed by atoms with Crippen molar-refractivity contribution < 1.29 is 18.6 Å². The van der Waals surface area contributed by atoms with Crippen LogP contribution in [0, 0.1) is 11.3 Å². The first-order chi connectivity index (χ1) is 12.4. The fourth-order valence-electron chi connectivity index (χ4n) is 2.63. The number of rotatable bonds is 7. The van der Waals surface area contributed by atoms with Gasteiger partial charge in [-0.1, -0.05) is 0 Å². The summed E-state index contributed by atoms with van der Waals surface area (Å²) in [5, 5.41) is 24.3. The van der Waals surface area contributed by atoms with E-state index >= 15 is 0 Å². The summed E-state index contributed by atoms with van der Waals surface area (Å²) in [5.74, 6) is -2.78. The molecular weight excluding hydrogens is 361 g/mol. The van der Waals surface area contributed by atoms with Crippen molar-refractivity contribution in [3.63, 3.8) is 0 Å². The molecule has 1 fully saturated rings. The number of hydrogen-bond donors (Lipinski definition) is 4. The van der Waals surface area contributed by atoms with E-state index in [1.165, 1.54) is 21.4 Å². The minimum absolute atomic E-state index is 0.0288. The van der Waals surface area contributed by atoms with Crippen LogP contribution in [0.5, 0.6) is 5.75 Å². The number of nitrogens with one attached hydrogen (secondary N) is 3. The van der Waals surface area contributed by atoms with Crippen LogP contribution in [0.3, 0.4) is 0 Å². The van der Waals surface area contributed by atoms with Crippen LogP contribution in [0.25, 0.3) is 0 Å². The highest BCUT2D eigenvalue weighted by atomic mass is 31.0. The maximum atomic E-state index is 12.9. The third-order valence-corrected chi connectivity index (χ3v) is 4.16. The molecule has 1 aromatic carbocycles. The van der Waals surface area contributed by atoms with Crippen LogP contribution in [-0.4, -0.2) is 34.7 Å². The van der Waals surface area contributed by atoms with Crippen molar-refractivity contribution in [3.05, 3.63) is 47.7 Å². The highest BCUT2D eigenvalue weighted by Gasteiger charge is 2.27. The topological polar surface area (TPSA) is 90.3 Å². The van der Waals surface area contributed by atoms with Gasteiger partial charge < -0.3 is 25.9 Å². The molecule has 6 nitrogen and oxygen atoms in total. The average molecular weight is 380 g/mol. The first kappa shape index (κ1) is 18.6. The Balaban J connectivity index is 1.84. The first-order valence-electron chi connectivity index (χ1n) is 7.98. The third kappa shape index (κ3) is 4.33. The van der Waals surface area contributed by atoms with E-state index in [1.807, 2.05) is 0 Å². The smallest absolute Gasteiger partial charge is 0.408 e. The maximum Gasteiger partial charge on any atom is 0.408 e. The number of aliphatic hydroxyl groups excluding tert-OH is 1. The number of anilines is 2. The summed E-state index contributed by atoms with van der Waals surface area (Å²) < 4.78 is 30.2. The summed E-state index contributed by atoms with van der Waals surface area (Å²) in [6, 6.07) is 7.67. The molecule has 1 unspecified atom stereocenters. The van der Waals surface area contributed by atoms with E-state index in [1.54, 1.807) is 24.4 Å². The number of aromatic nitrogens is 1. The lowest BCUT2D eigenvalue weighted by Crippen LogP contribution is -2.46. The molecule has 9 heteroatoms. The van der Waals surface area contributed by atoms with Crippen LogP contribution >= 0.6 is 9.24 Å². The van der Waals surface area contributed by atoms with Crippen molar-refractivity contribution in [1.29, 1.82) is 5.41 Å². The maximum absolute atomic E-state index is 12.9. The van der Waals surface area contributed by atoms with Gasteiger partial charge in [0, 0.05) is 42.2 Å². The van der Waals surface area contributed by atoms with Gasteiger partial charge in [-0.15, -0.1) is 0 Å². The summed E-state index contributed by atoms with van der Waals surface area (Å²) >= 11 is 0. The van der Waals surface area contributed by atoms with Crippen molar-refractivity contribution in [2.45, 2.75) is 12.5 Å². The van der Waals surface area contributed by atoms with E-state index in [0.29, 0.717) is 41.4 Å². The van der Waals surface area contributed by atoms with Gasteiger partial charge in [-0.05, 0) is 45.1 Å². The molecule has 1 aromatic heterocycles. The summed E-state index contributed by atoms with van der Waals surface area (Å²) in [4.78, 5) is 4.29. The molecule has 138 valence electrons. The molecule has 1 atom stereocenters. The standard InChI is InChI=1S/C17H19F2N4O2P/c18-17(19,26)25-13-3-1-12(2-4-13)23-16-14(10(9-24)5-6-22-16)15(20)11-7-21-8-11/h1-6,11,20-21,24H,7-9,26H2,(H,22,23). The van der Waals surface area contributed by atoms with E-state index < -0.39 is 5.85 Å². The van der Waals surface area contributed by atoms with Gasteiger partial charge in [-0.3, -0.25) is 0 Å². The quantitative estimate of drug-likeness (QED) is 0.438. The Bertz CT molecular complexity index is 792. The minimum Gasteiger partial charge on any atom is -0.430 e. The average Bonchev–Trinajstić information content (AvgIpc) is 2.53. The molecule has 2 heterocycles. The number of pyridine rings is 1. The van der Waals surface area contributed by atoms with Crippen LogP contribution in [-0.2, 0) is 6.61 Å². The molecule has 0 bridgehead atoms. The number of hydrogen-bond acceptors (Lipinski definition) is 6. The highest BCUT2D eigenvalue weighted by Crippen LogP contribution is 2.30. The second-order valence-corrected chi connectivity index (χ2v) is 6.61. The number of ether oxygens (including phenoxy) is 1. The number of benzene rings is 1. The lowest BCUT2D eigenvalue weighted by molar-refractivity contribution is -0.0892. The Morgan fingerprint density at radius 3 is 2.58 bits per heavy atom. The van der Waals surface area contributed by atoms with Gasteiger partial charge in [0.1, 0.15) is 11.6 Å². The Kier molecular flexibility index (Phi) is 5.46. The van der Waals surface area contributed by atoms with E-state index in [9.17, 15) is 13.9 Å². The molecule has 4 N–H and O–H groups in total. The van der Waals surface area contributed by atoms with Crippen molar-refractivity contribution in [2.75, 3.05) is 18.4 Å². The van der Waals surface area contributed by atoms with Gasteiger partial charge in [0.25, 0.3) is 0 Å². The van der Waals surface area contributed by atoms with E-state index in [0.717, 1.165) is 0 Å². The molecule has 2 aromatic rings. The Morgan fingerprint density at radius 2 is 2.04 bits per heavy atom. The molecule has 1 aliphatic heterocycles. The predicted octanol–water partition coefficient (Wildman–Crippen LogP) is 2.71. The summed E-state index contributed by atoms with van der Waals surface area (Å²) in [6.45, 7) is 1.23. The largest absolute Gasteiger partial charge is 0.430 e. The lowest BCUT2D eigenvalue weighted by atomic mass is 9.90. The Morgan fingerprint density at radius 1 is 1.35 bits per heavy atom. The second kappa shape index (κ2) is 7.61. The fourth-order valence-corrected chi connectivity index (χ4v) is 2.76. The van der Waals surface area contributed by atoms with Crippen LogP contribution in [0.15, 0.2) is 36.5 Å². The SMILES string of the molecule is N=C(c1c(CO)ccnc1Nc1ccc(OC(F)(F)P)cc1)C1CNC1. The number of alkyl halides is 2. The number of halogens is 2. The van der Waals surface area contributed by atoms with E-state index in [2.05, 4.69) is 20.4 Å². The lowest BCUT2D eigenvalue weighted by Gasteiger charge is -2.29. The molecule has 1 aliphatic rings. The Hall–Kier alpha value is -2.15. The first-order valence-corrected chi connectivity index (χ1v) is 8.56. The Labute approximate surface area is 151 Å².